The SMILES string of the molecule is OC1(CNc2cc(Cl)nnc2Cl)CCCCC1. The number of aromatic nitrogens is 2. The fraction of sp³-hybridized carbons (Fsp3) is 0.636. The molecular formula is C11H15Cl2N3O. The second-order valence-electron chi connectivity index (χ2n) is 4.51. The van der Waals surface area contributed by atoms with E-state index in [1.165, 1.54) is 6.42 Å². The van der Waals surface area contributed by atoms with Gasteiger partial charge in [0.25, 0.3) is 0 Å². The maximum Gasteiger partial charge on any atom is 0.174 e. The molecule has 0 atom stereocenters. The minimum atomic E-state index is -0.642. The van der Waals surface area contributed by atoms with Crippen LogP contribution in [0.3, 0.4) is 0 Å². The van der Waals surface area contributed by atoms with E-state index in [9.17, 15) is 5.11 Å². The Morgan fingerprint density at radius 1 is 1.24 bits per heavy atom. The highest BCUT2D eigenvalue weighted by molar-refractivity contribution is 6.33. The third-order valence-electron chi connectivity index (χ3n) is 3.11. The first kappa shape index (κ1) is 12.9. The standard InChI is InChI=1S/C11H15Cl2N3O/c12-9-6-8(10(13)16-15-9)14-7-11(17)4-2-1-3-5-11/h6,17H,1-5,7H2,(H,14,15). The molecule has 1 aromatic heterocycles. The van der Waals surface area contributed by atoms with E-state index in [0.29, 0.717) is 12.2 Å². The van der Waals surface area contributed by atoms with Crippen molar-refractivity contribution in [3.05, 3.63) is 16.4 Å². The van der Waals surface area contributed by atoms with Gasteiger partial charge in [0.15, 0.2) is 10.3 Å². The summed E-state index contributed by atoms with van der Waals surface area (Å²) < 4.78 is 0. The summed E-state index contributed by atoms with van der Waals surface area (Å²) in [6.07, 6.45) is 4.99. The van der Waals surface area contributed by atoms with Crippen molar-refractivity contribution >= 4 is 28.9 Å². The number of halogens is 2. The van der Waals surface area contributed by atoms with Gasteiger partial charge in [-0.05, 0) is 12.8 Å². The molecular weight excluding hydrogens is 261 g/mol. The molecule has 1 aliphatic rings. The average Bonchev–Trinajstić information content (AvgIpc) is 2.31. The lowest BCUT2D eigenvalue weighted by Gasteiger charge is -2.32. The zero-order valence-electron chi connectivity index (χ0n) is 9.42. The van der Waals surface area contributed by atoms with Gasteiger partial charge in [-0.25, -0.2) is 0 Å². The number of hydrogen-bond acceptors (Lipinski definition) is 4. The molecule has 4 nitrogen and oxygen atoms in total. The molecule has 0 aliphatic heterocycles. The highest BCUT2D eigenvalue weighted by Gasteiger charge is 2.29. The lowest BCUT2D eigenvalue weighted by atomic mass is 9.85. The Morgan fingerprint density at radius 3 is 2.65 bits per heavy atom. The first-order valence-corrected chi connectivity index (χ1v) is 6.50. The summed E-state index contributed by atoms with van der Waals surface area (Å²) in [6.45, 7) is 0.467. The number of nitrogens with one attached hydrogen (secondary N) is 1. The van der Waals surface area contributed by atoms with Crippen LogP contribution in [0.1, 0.15) is 32.1 Å². The molecule has 1 aliphatic carbocycles. The van der Waals surface area contributed by atoms with Crippen LogP contribution in [-0.4, -0.2) is 27.4 Å². The molecule has 2 N–H and O–H groups in total. The lowest BCUT2D eigenvalue weighted by Crippen LogP contribution is -2.38. The largest absolute Gasteiger partial charge is 0.388 e. The molecule has 2 rings (SSSR count). The van der Waals surface area contributed by atoms with E-state index in [4.69, 9.17) is 23.2 Å². The topological polar surface area (TPSA) is 58.0 Å². The predicted octanol–water partition coefficient (Wildman–Crippen LogP) is 2.89. The van der Waals surface area contributed by atoms with Gasteiger partial charge in [-0.2, -0.15) is 0 Å². The van der Waals surface area contributed by atoms with Gasteiger partial charge in [-0.1, -0.05) is 42.5 Å². The van der Waals surface area contributed by atoms with Crippen molar-refractivity contribution in [3.8, 4) is 0 Å². The molecule has 0 unspecified atom stereocenters. The number of nitrogens with zero attached hydrogens (tertiary/aromatic N) is 2. The lowest BCUT2D eigenvalue weighted by molar-refractivity contribution is 0.0167. The number of rotatable bonds is 3. The summed E-state index contributed by atoms with van der Waals surface area (Å²) in [5.74, 6) is 0. The normalized spacial score (nSPS) is 19.0. The molecule has 17 heavy (non-hydrogen) atoms. The molecule has 6 heteroatoms. The zero-order valence-corrected chi connectivity index (χ0v) is 10.9. The minimum absolute atomic E-state index is 0.272. The Labute approximate surface area is 110 Å². The highest BCUT2D eigenvalue weighted by Crippen LogP contribution is 2.29. The quantitative estimate of drug-likeness (QED) is 0.891. The van der Waals surface area contributed by atoms with Crippen LogP contribution < -0.4 is 5.32 Å². The summed E-state index contributed by atoms with van der Waals surface area (Å²) in [4.78, 5) is 0. The van der Waals surface area contributed by atoms with Crippen LogP contribution in [0, 0.1) is 0 Å². The summed E-state index contributed by atoms with van der Waals surface area (Å²) in [6, 6.07) is 1.61. The van der Waals surface area contributed by atoms with E-state index in [-0.39, 0.29) is 10.3 Å². The Morgan fingerprint density at radius 2 is 1.94 bits per heavy atom. The molecule has 0 bridgehead atoms. The zero-order chi connectivity index (χ0) is 12.3. The minimum Gasteiger partial charge on any atom is -0.388 e. The second kappa shape index (κ2) is 5.38. The molecule has 1 heterocycles. The molecule has 0 spiro atoms. The molecule has 1 fully saturated rings. The van der Waals surface area contributed by atoms with Gasteiger partial charge in [0.1, 0.15) is 0 Å². The van der Waals surface area contributed by atoms with E-state index >= 15 is 0 Å². The van der Waals surface area contributed by atoms with Gasteiger partial charge < -0.3 is 10.4 Å². The van der Waals surface area contributed by atoms with Crippen molar-refractivity contribution in [1.82, 2.24) is 10.2 Å². The Hall–Kier alpha value is -0.580. The molecule has 0 radical (unpaired) electrons. The van der Waals surface area contributed by atoms with E-state index in [0.717, 1.165) is 25.7 Å². The monoisotopic (exact) mass is 275 g/mol. The summed E-state index contributed by atoms with van der Waals surface area (Å²) in [7, 11) is 0. The molecule has 0 amide bonds. The van der Waals surface area contributed by atoms with Crippen molar-refractivity contribution in [3.63, 3.8) is 0 Å². The van der Waals surface area contributed by atoms with Gasteiger partial charge in [0.2, 0.25) is 0 Å². The van der Waals surface area contributed by atoms with E-state index in [2.05, 4.69) is 15.5 Å². The van der Waals surface area contributed by atoms with Gasteiger partial charge in [-0.3, -0.25) is 0 Å². The number of hydrogen-bond donors (Lipinski definition) is 2. The maximum absolute atomic E-state index is 10.3. The van der Waals surface area contributed by atoms with Crippen LogP contribution in [0.25, 0.3) is 0 Å². The van der Waals surface area contributed by atoms with E-state index < -0.39 is 5.60 Å². The second-order valence-corrected chi connectivity index (χ2v) is 5.26. The fourth-order valence-corrected chi connectivity index (χ4v) is 2.43. The van der Waals surface area contributed by atoms with Gasteiger partial charge in [-0.15, -0.1) is 10.2 Å². The number of aliphatic hydroxyl groups is 1. The first-order valence-electron chi connectivity index (χ1n) is 5.74. The van der Waals surface area contributed by atoms with Crippen LogP contribution >= 0.6 is 23.2 Å². The predicted molar refractivity (Wildman–Crippen MR) is 68.6 cm³/mol. The highest BCUT2D eigenvalue weighted by atomic mass is 35.5. The maximum atomic E-state index is 10.3. The van der Waals surface area contributed by atoms with Crippen molar-refractivity contribution < 1.29 is 5.11 Å². The fourth-order valence-electron chi connectivity index (χ4n) is 2.12. The molecule has 94 valence electrons. The summed E-state index contributed by atoms with van der Waals surface area (Å²) in [5, 5.41) is 21.3. The third-order valence-corrected chi connectivity index (χ3v) is 3.58. The van der Waals surface area contributed by atoms with Crippen molar-refractivity contribution in [1.29, 1.82) is 0 Å². The average molecular weight is 276 g/mol. The molecule has 0 aromatic carbocycles. The Kier molecular flexibility index (Phi) is 4.07. The van der Waals surface area contributed by atoms with Gasteiger partial charge in [0.05, 0.1) is 11.3 Å². The summed E-state index contributed by atoms with van der Waals surface area (Å²) in [5.41, 5.74) is -0.0252. The van der Waals surface area contributed by atoms with E-state index in [1.54, 1.807) is 6.07 Å². The van der Waals surface area contributed by atoms with Gasteiger partial charge in [0, 0.05) is 12.6 Å². The van der Waals surface area contributed by atoms with Crippen molar-refractivity contribution in [2.75, 3.05) is 11.9 Å². The molecule has 1 saturated carbocycles. The summed E-state index contributed by atoms with van der Waals surface area (Å²) >= 11 is 11.6. The number of anilines is 1. The van der Waals surface area contributed by atoms with Gasteiger partial charge >= 0.3 is 0 Å². The van der Waals surface area contributed by atoms with Crippen LogP contribution in [0.2, 0.25) is 10.3 Å². The van der Waals surface area contributed by atoms with Crippen molar-refractivity contribution in [2.24, 2.45) is 0 Å². The van der Waals surface area contributed by atoms with E-state index in [1.807, 2.05) is 0 Å². The first-order chi connectivity index (χ1) is 8.09. The smallest absolute Gasteiger partial charge is 0.174 e. The van der Waals surface area contributed by atoms with Crippen LogP contribution in [-0.2, 0) is 0 Å². The Bertz CT molecular complexity index is 394. The van der Waals surface area contributed by atoms with Crippen LogP contribution in [0.15, 0.2) is 6.07 Å². The van der Waals surface area contributed by atoms with Crippen LogP contribution in [0.5, 0.6) is 0 Å². The molecule has 0 saturated heterocycles. The van der Waals surface area contributed by atoms with Crippen LogP contribution in [0.4, 0.5) is 5.69 Å². The van der Waals surface area contributed by atoms with Crippen molar-refractivity contribution in [2.45, 2.75) is 37.7 Å². The Balaban J connectivity index is 1.99. The molecule has 1 aromatic rings. The third kappa shape index (κ3) is 3.44.